The third kappa shape index (κ3) is 3.15. The second-order valence-corrected chi connectivity index (χ2v) is 9.25. The fourth-order valence-corrected chi connectivity index (χ4v) is 4.72. The molecule has 0 aromatic carbocycles. The van der Waals surface area contributed by atoms with E-state index in [0.717, 1.165) is 28.2 Å². The third-order valence-electron chi connectivity index (χ3n) is 6.07. The van der Waals surface area contributed by atoms with Crippen LogP contribution < -0.4 is 11.1 Å². The lowest BCUT2D eigenvalue weighted by atomic mass is 9.98. The Kier molecular flexibility index (Phi) is 4.41. The molecule has 3 amide bonds. The molecular formula is C20H25N5O2S. The van der Waals surface area contributed by atoms with Crippen LogP contribution in [0.5, 0.6) is 0 Å². The lowest BCUT2D eigenvalue weighted by molar-refractivity contribution is -0.126. The number of anilines is 1. The van der Waals surface area contributed by atoms with Crippen LogP contribution in [0.15, 0.2) is 18.3 Å². The van der Waals surface area contributed by atoms with Crippen LogP contribution in [0, 0.1) is 6.92 Å². The summed E-state index contributed by atoms with van der Waals surface area (Å²) in [5.74, 6) is -0.478. The molecule has 2 fully saturated rings. The van der Waals surface area contributed by atoms with Crippen LogP contribution in [-0.4, -0.2) is 38.9 Å². The average molecular weight is 400 g/mol. The minimum absolute atomic E-state index is 0.195. The van der Waals surface area contributed by atoms with E-state index in [2.05, 4.69) is 28.3 Å². The third-order valence-corrected chi connectivity index (χ3v) is 7.19. The summed E-state index contributed by atoms with van der Waals surface area (Å²) in [7, 11) is 0. The molecule has 3 heterocycles. The highest BCUT2D eigenvalue weighted by Crippen LogP contribution is 2.47. The van der Waals surface area contributed by atoms with Gasteiger partial charge in [-0.05, 0) is 57.2 Å². The Morgan fingerprint density at radius 2 is 2.04 bits per heavy atom. The summed E-state index contributed by atoms with van der Waals surface area (Å²) < 4.78 is 0. The van der Waals surface area contributed by atoms with Crippen molar-refractivity contribution >= 4 is 28.4 Å². The second kappa shape index (κ2) is 6.55. The van der Waals surface area contributed by atoms with Crippen LogP contribution in [0.3, 0.4) is 0 Å². The molecule has 1 saturated heterocycles. The van der Waals surface area contributed by atoms with E-state index in [4.69, 9.17) is 5.73 Å². The summed E-state index contributed by atoms with van der Waals surface area (Å²) in [6, 6.07) is 3.77. The van der Waals surface area contributed by atoms with E-state index >= 15 is 0 Å². The van der Waals surface area contributed by atoms with Crippen LogP contribution in [0.1, 0.15) is 50.9 Å². The first kappa shape index (κ1) is 18.9. The molecule has 7 nitrogen and oxygen atoms in total. The van der Waals surface area contributed by atoms with Gasteiger partial charge in [0.05, 0.1) is 10.6 Å². The molecular weight excluding hydrogens is 374 g/mol. The van der Waals surface area contributed by atoms with Gasteiger partial charge in [0, 0.05) is 23.9 Å². The molecule has 148 valence electrons. The number of hydrogen-bond acceptors (Lipinski definition) is 5. The number of nitrogens with one attached hydrogen (secondary N) is 1. The Labute approximate surface area is 168 Å². The van der Waals surface area contributed by atoms with E-state index in [-0.39, 0.29) is 11.4 Å². The zero-order valence-corrected chi connectivity index (χ0v) is 17.2. The zero-order chi connectivity index (χ0) is 20.1. The van der Waals surface area contributed by atoms with Crippen molar-refractivity contribution < 1.29 is 9.59 Å². The SMILES string of the molecule is Cc1nc(NC(=O)N2CCC[C@@]2(C)C(N)=O)sc1-c1ccnc(C2(C)CC2)c1. The smallest absolute Gasteiger partial charge is 0.324 e. The highest BCUT2D eigenvalue weighted by Gasteiger charge is 2.44. The van der Waals surface area contributed by atoms with Crippen LogP contribution >= 0.6 is 11.3 Å². The van der Waals surface area contributed by atoms with E-state index in [1.807, 2.05) is 19.2 Å². The zero-order valence-electron chi connectivity index (χ0n) is 16.4. The van der Waals surface area contributed by atoms with Crippen LogP contribution in [0.4, 0.5) is 9.93 Å². The summed E-state index contributed by atoms with van der Waals surface area (Å²) in [5, 5.41) is 3.37. The quantitative estimate of drug-likeness (QED) is 0.822. The Balaban J connectivity index is 1.55. The number of rotatable bonds is 4. The van der Waals surface area contributed by atoms with Gasteiger partial charge in [-0.25, -0.2) is 9.78 Å². The molecule has 4 rings (SSSR count). The second-order valence-electron chi connectivity index (χ2n) is 8.25. The number of nitrogens with two attached hydrogens (primary N) is 1. The van der Waals surface area contributed by atoms with Gasteiger partial charge in [0.2, 0.25) is 5.91 Å². The number of thiazole rings is 1. The van der Waals surface area contributed by atoms with Gasteiger partial charge in [-0.3, -0.25) is 15.1 Å². The highest BCUT2D eigenvalue weighted by molar-refractivity contribution is 7.19. The maximum Gasteiger partial charge on any atom is 0.324 e. The van der Waals surface area contributed by atoms with Crippen molar-refractivity contribution in [2.45, 2.75) is 57.4 Å². The standard InChI is InChI=1S/C20H25N5O2S/c1-12-15(13-5-9-22-14(11-13)19(2)7-8-19)28-17(23-12)24-18(27)25-10-4-6-20(25,3)16(21)26/h5,9,11H,4,6-8,10H2,1-3H3,(H2,21,26)(H,23,24,27)/t20-/m0/s1. The average Bonchev–Trinajstić information content (AvgIpc) is 3.11. The Hall–Kier alpha value is -2.48. The van der Waals surface area contributed by atoms with Crippen molar-refractivity contribution in [2.75, 3.05) is 11.9 Å². The fraction of sp³-hybridized carbons (Fsp3) is 0.500. The predicted molar refractivity (Wildman–Crippen MR) is 109 cm³/mol. The Morgan fingerprint density at radius 1 is 1.29 bits per heavy atom. The molecule has 0 unspecified atom stereocenters. The number of urea groups is 1. The molecule has 0 spiro atoms. The summed E-state index contributed by atoms with van der Waals surface area (Å²) in [6.45, 7) is 6.39. The molecule has 0 bridgehead atoms. The predicted octanol–water partition coefficient (Wildman–Crippen LogP) is 3.44. The van der Waals surface area contributed by atoms with Gasteiger partial charge >= 0.3 is 6.03 Å². The number of hydrogen-bond donors (Lipinski definition) is 2. The molecule has 1 aliphatic heterocycles. The van der Waals surface area contributed by atoms with Gasteiger partial charge in [-0.15, -0.1) is 0 Å². The molecule has 2 aromatic rings. The van der Waals surface area contributed by atoms with Gasteiger partial charge in [0.15, 0.2) is 5.13 Å². The number of likely N-dealkylation sites (tertiary alicyclic amines) is 1. The van der Waals surface area contributed by atoms with E-state index < -0.39 is 11.4 Å². The number of nitrogens with zero attached hydrogens (tertiary/aromatic N) is 3. The van der Waals surface area contributed by atoms with Gasteiger partial charge in [0.1, 0.15) is 5.54 Å². The van der Waals surface area contributed by atoms with Gasteiger partial charge in [-0.1, -0.05) is 18.3 Å². The molecule has 8 heteroatoms. The summed E-state index contributed by atoms with van der Waals surface area (Å²) in [4.78, 5) is 36.2. The fourth-order valence-electron chi connectivity index (χ4n) is 3.77. The van der Waals surface area contributed by atoms with Gasteiger partial charge in [-0.2, -0.15) is 0 Å². The molecule has 2 aromatic heterocycles. The maximum absolute atomic E-state index is 12.7. The summed E-state index contributed by atoms with van der Waals surface area (Å²) in [6.07, 6.45) is 5.51. The molecule has 1 atom stereocenters. The minimum Gasteiger partial charge on any atom is -0.368 e. The Bertz CT molecular complexity index is 952. The van der Waals surface area contributed by atoms with Crippen LogP contribution in [0.25, 0.3) is 10.4 Å². The molecule has 3 N–H and O–H groups in total. The van der Waals surface area contributed by atoms with Crippen molar-refractivity contribution in [2.24, 2.45) is 5.73 Å². The van der Waals surface area contributed by atoms with Crippen molar-refractivity contribution in [3.05, 3.63) is 29.7 Å². The lowest BCUT2D eigenvalue weighted by Crippen LogP contribution is -2.55. The van der Waals surface area contributed by atoms with Crippen LogP contribution in [0.2, 0.25) is 0 Å². The van der Waals surface area contributed by atoms with E-state index in [0.29, 0.717) is 18.1 Å². The van der Waals surface area contributed by atoms with Crippen molar-refractivity contribution in [3.63, 3.8) is 0 Å². The number of aromatic nitrogens is 2. The first-order valence-electron chi connectivity index (χ1n) is 9.56. The number of primary amides is 1. The topological polar surface area (TPSA) is 101 Å². The number of amides is 3. The highest BCUT2D eigenvalue weighted by atomic mass is 32.1. The largest absolute Gasteiger partial charge is 0.368 e. The van der Waals surface area contributed by atoms with Crippen molar-refractivity contribution in [1.29, 1.82) is 0 Å². The number of carbonyl (C=O) groups excluding carboxylic acids is 2. The van der Waals surface area contributed by atoms with Gasteiger partial charge < -0.3 is 10.6 Å². The van der Waals surface area contributed by atoms with E-state index in [9.17, 15) is 9.59 Å². The maximum atomic E-state index is 12.7. The first-order chi connectivity index (χ1) is 13.2. The van der Waals surface area contributed by atoms with Crippen LogP contribution in [-0.2, 0) is 10.2 Å². The number of aryl methyl sites for hydroxylation is 1. The Morgan fingerprint density at radius 3 is 2.71 bits per heavy atom. The number of pyridine rings is 1. The van der Waals surface area contributed by atoms with Gasteiger partial charge in [0.25, 0.3) is 0 Å². The monoisotopic (exact) mass is 399 g/mol. The molecule has 2 aliphatic rings. The lowest BCUT2D eigenvalue weighted by Gasteiger charge is -2.31. The summed E-state index contributed by atoms with van der Waals surface area (Å²) in [5.41, 5.74) is 7.82. The number of carbonyl (C=O) groups is 2. The molecule has 1 saturated carbocycles. The first-order valence-corrected chi connectivity index (χ1v) is 10.4. The summed E-state index contributed by atoms with van der Waals surface area (Å²) >= 11 is 1.43. The normalized spacial score (nSPS) is 22.9. The molecule has 28 heavy (non-hydrogen) atoms. The molecule has 0 radical (unpaired) electrons. The van der Waals surface area contributed by atoms with E-state index in [1.165, 1.54) is 29.1 Å². The minimum atomic E-state index is -0.946. The van der Waals surface area contributed by atoms with Crippen molar-refractivity contribution in [1.82, 2.24) is 14.9 Å². The van der Waals surface area contributed by atoms with Crippen molar-refractivity contribution in [3.8, 4) is 10.4 Å². The van der Waals surface area contributed by atoms with E-state index in [1.54, 1.807) is 6.92 Å². The molecule has 1 aliphatic carbocycles.